The number of hydrogen-bond donors (Lipinski definition) is 4. The third-order valence-corrected chi connectivity index (χ3v) is 13.4. The van der Waals surface area contributed by atoms with E-state index >= 15 is 0 Å². The Morgan fingerprint density at radius 1 is 0.943 bits per heavy atom. The van der Waals surface area contributed by atoms with Gasteiger partial charge in [0.05, 0.1) is 23.2 Å². The van der Waals surface area contributed by atoms with Crippen LogP contribution in [-0.4, -0.2) is 44.2 Å². The Bertz CT molecular complexity index is 952. The molecule has 4 N–H and O–H groups in total. The first-order chi connectivity index (χ1) is 16.0. The highest BCUT2D eigenvalue weighted by atomic mass is 16.4. The third kappa shape index (κ3) is 2.90. The second kappa shape index (κ2) is 7.35. The van der Waals surface area contributed by atoms with Crippen LogP contribution in [0.15, 0.2) is 11.6 Å². The molecular formula is C30H48O5. The van der Waals surface area contributed by atoms with Crippen molar-refractivity contribution in [1.29, 1.82) is 0 Å². The number of aliphatic hydroxyl groups excluding tert-OH is 2. The lowest BCUT2D eigenvalue weighted by atomic mass is 9.33. The Morgan fingerprint density at radius 3 is 2.23 bits per heavy atom. The molecular weight excluding hydrogens is 440 g/mol. The van der Waals surface area contributed by atoms with Gasteiger partial charge in [-0.25, -0.2) is 0 Å². The molecule has 0 aromatic carbocycles. The topological polar surface area (TPSA) is 98.0 Å². The van der Waals surface area contributed by atoms with E-state index in [4.69, 9.17) is 0 Å². The average Bonchev–Trinajstić information content (AvgIpc) is 2.75. The van der Waals surface area contributed by atoms with E-state index in [1.54, 1.807) is 0 Å². The number of allylic oxidation sites excluding steroid dienone is 1. The van der Waals surface area contributed by atoms with Crippen LogP contribution in [0.4, 0.5) is 0 Å². The molecule has 4 fully saturated rings. The second-order valence-corrected chi connectivity index (χ2v) is 14.9. The van der Waals surface area contributed by atoms with E-state index in [0.717, 1.165) is 32.1 Å². The molecule has 4 saturated carbocycles. The maximum atomic E-state index is 12.8. The van der Waals surface area contributed by atoms with Gasteiger partial charge in [-0.15, -0.1) is 0 Å². The molecule has 11 atom stereocenters. The summed E-state index contributed by atoms with van der Waals surface area (Å²) in [6, 6.07) is 0. The van der Waals surface area contributed by atoms with E-state index in [9.17, 15) is 25.2 Å². The minimum Gasteiger partial charge on any atom is -0.481 e. The van der Waals surface area contributed by atoms with Gasteiger partial charge < -0.3 is 20.4 Å². The van der Waals surface area contributed by atoms with Crippen LogP contribution in [-0.2, 0) is 4.79 Å². The summed E-state index contributed by atoms with van der Waals surface area (Å²) in [5.41, 5.74) is -1.46. The number of carboxylic acid groups (broad SMARTS) is 1. The molecule has 0 bridgehead atoms. The molecule has 0 aromatic rings. The molecule has 5 aliphatic rings. The molecule has 0 aliphatic heterocycles. The maximum Gasteiger partial charge on any atom is 0.310 e. The lowest BCUT2D eigenvalue weighted by Crippen LogP contribution is -2.68. The quantitative estimate of drug-likeness (QED) is 0.382. The average molecular weight is 489 g/mol. The fourth-order valence-electron chi connectivity index (χ4n) is 11.0. The Balaban J connectivity index is 1.65. The molecule has 0 unspecified atom stereocenters. The molecule has 0 saturated heterocycles. The third-order valence-electron chi connectivity index (χ3n) is 13.4. The molecule has 5 rings (SSSR count). The molecule has 198 valence electrons. The lowest BCUT2D eigenvalue weighted by molar-refractivity contribution is -0.237. The van der Waals surface area contributed by atoms with Gasteiger partial charge in [0.15, 0.2) is 0 Å². The van der Waals surface area contributed by atoms with Gasteiger partial charge in [0.1, 0.15) is 0 Å². The zero-order valence-corrected chi connectivity index (χ0v) is 22.9. The highest BCUT2D eigenvalue weighted by Crippen LogP contribution is 2.76. The van der Waals surface area contributed by atoms with Crippen molar-refractivity contribution in [3.05, 3.63) is 11.6 Å². The number of carboxylic acids is 1. The van der Waals surface area contributed by atoms with Crippen molar-refractivity contribution in [2.24, 2.45) is 50.7 Å². The van der Waals surface area contributed by atoms with E-state index in [1.165, 1.54) is 5.57 Å². The molecule has 0 spiro atoms. The summed E-state index contributed by atoms with van der Waals surface area (Å²) in [6.45, 7) is 15.3. The number of carbonyl (C=O) groups is 1. The summed E-state index contributed by atoms with van der Waals surface area (Å²) < 4.78 is 0. The van der Waals surface area contributed by atoms with Crippen LogP contribution in [0.5, 0.6) is 0 Å². The summed E-state index contributed by atoms with van der Waals surface area (Å²) in [4.78, 5) is 12.8. The first kappa shape index (κ1) is 25.7. The van der Waals surface area contributed by atoms with E-state index in [0.29, 0.717) is 31.1 Å². The van der Waals surface area contributed by atoms with E-state index < -0.39 is 29.2 Å². The summed E-state index contributed by atoms with van der Waals surface area (Å²) in [7, 11) is 0. The number of fused-ring (bicyclic) bond motifs is 7. The molecule has 5 nitrogen and oxygen atoms in total. The van der Waals surface area contributed by atoms with Gasteiger partial charge in [-0.3, -0.25) is 4.79 Å². The molecule has 5 heteroatoms. The molecule has 35 heavy (non-hydrogen) atoms. The van der Waals surface area contributed by atoms with Crippen LogP contribution in [0.1, 0.15) is 99.8 Å². The Kier molecular flexibility index (Phi) is 5.40. The SMILES string of the molecule is C[C@H]1CC[C@]2(C(=O)O)CC[C@]3(C)C(=CC[C@H]4[C@@]5(C)C[C@H](O)[C@@H](O)C(C)(C)[C@H]5CC[C@]43C)[C@@H]2[C@]1(C)O. The van der Waals surface area contributed by atoms with Crippen LogP contribution in [0, 0.1) is 50.7 Å². The monoisotopic (exact) mass is 488 g/mol. The lowest BCUT2D eigenvalue weighted by Gasteiger charge is -2.72. The van der Waals surface area contributed by atoms with Crippen LogP contribution >= 0.6 is 0 Å². The second-order valence-electron chi connectivity index (χ2n) is 14.9. The van der Waals surface area contributed by atoms with Crippen LogP contribution in [0.3, 0.4) is 0 Å². The predicted molar refractivity (Wildman–Crippen MR) is 135 cm³/mol. The standard InChI is InChI=1S/C30H48O5/c1-17-10-13-30(24(33)34)15-14-27(5)18(22(30)29(17,7)35)8-9-21-26(4)16-19(31)23(32)25(2,3)20(26)11-12-28(21,27)6/h8,17,19-23,31-32,35H,9-16H2,1-7H3,(H,33,34)/t17-,19-,20+,21-,22+,23+,26-,27+,28+,29+,30-/m0/s1. The zero-order chi connectivity index (χ0) is 26.0. The number of hydrogen-bond acceptors (Lipinski definition) is 4. The van der Waals surface area contributed by atoms with Crippen molar-refractivity contribution in [1.82, 2.24) is 0 Å². The van der Waals surface area contributed by atoms with Crippen molar-refractivity contribution in [2.45, 2.75) is 118 Å². The molecule has 0 amide bonds. The van der Waals surface area contributed by atoms with Crippen LogP contribution in [0.2, 0.25) is 0 Å². The number of rotatable bonds is 1. The van der Waals surface area contributed by atoms with Gasteiger partial charge in [0, 0.05) is 5.92 Å². The van der Waals surface area contributed by atoms with Crippen molar-refractivity contribution >= 4 is 5.97 Å². The normalized spacial score (nSPS) is 57.1. The smallest absolute Gasteiger partial charge is 0.310 e. The summed E-state index contributed by atoms with van der Waals surface area (Å²) in [5, 5.41) is 44.3. The van der Waals surface area contributed by atoms with Crippen LogP contribution < -0.4 is 0 Å². The van der Waals surface area contributed by atoms with Gasteiger partial charge in [-0.05, 0) is 97.7 Å². The Morgan fingerprint density at radius 2 is 1.60 bits per heavy atom. The first-order valence-corrected chi connectivity index (χ1v) is 14.0. The van der Waals surface area contributed by atoms with Crippen molar-refractivity contribution in [3.8, 4) is 0 Å². The highest BCUT2D eigenvalue weighted by Gasteiger charge is 2.71. The van der Waals surface area contributed by atoms with Gasteiger partial charge in [0.2, 0.25) is 0 Å². The molecule has 0 heterocycles. The Labute approximate surface area is 211 Å². The molecule has 0 radical (unpaired) electrons. The number of aliphatic hydroxyl groups is 3. The number of aliphatic carboxylic acids is 1. The maximum absolute atomic E-state index is 12.8. The summed E-state index contributed by atoms with van der Waals surface area (Å²) >= 11 is 0. The minimum atomic E-state index is -1.05. The first-order valence-electron chi connectivity index (χ1n) is 14.0. The fourth-order valence-corrected chi connectivity index (χ4v) is 11.0. The van der Waals surface area contributed by atoms with Gasteiger partial charge in [-0.2, -0.15) is 0 Å². The molecule has 5 aliphatic carbocycles. The highest BCUT2D eigenvalue weighted by molar-refractivity contribution is 5.77. The molecule has 0 aromatic heterocycles. The van der Waals surface area contributed by atoms with Crippen molar-refractivity contribution in [3.63, 3.8) is 0 Å². The van der Waals surface area contributed by atoms with Crippen LogP contribution in [0.25, 0.3) is 0 Å². The van der Waals surface area contributed by atoms with E-state index in [1.807, 2.05) is 6.92 Å². The zero-order valence-electron chi connectivity index (χ0n) is 22.9. The summed E-state index contributed by atoms with van der Waals surface area (Å²) in [5.74, 6) is -0.394. The van der Waals surface area contributed by atoms with Gasteiger partial charge in [-0.1, -0.05) is 53.2 Å². The van der Waals surface area contributed by atoms with E-state index in [-0.39, 0.29) is 33.5 Å². The van der Waals surface area contributed by atoms with Crippen molar-refractivity contribution < 1.29 is 25.2 Å². The van der Waals surface area contributed by atoms with E-state index in [2.05, 4.69) is 47.6 Å². The largest absolute Gasteiger partial charge is 0.481 e. The van der Waals surface area contributed by atoms with Gasteiger partial charge in [0.25, 0.3) is 0 Å². The summed E-state index contributed by atoms with van der Waals surface area (Å²) in [6.07, 6.45) is 7.21. The Hall–Kier alpha value is -0.910. The fraction of sp³-hybridized carbons (Fsp3) is 0.900. The minimum absolute atomic E-state index is 0.0535. The van der Waals surface area contributed by atoms with Crippen molar-refractivity contribution in [2.75, 3.05) is 0 Å². The van der Waals surface area contributed by atoms with Gasteiger partial charge >= 0.3 is 5.97 Å². The predicted octanol–water partition coefficient (Wildman–Crippen LogP) is 5.18.